The van der Waals surface area contributed by atoms with Crippen molar-refractivity contribution >= 4 is 25.4 Å². The summed E-state index contributed by atoms with van der Waals surface area (Å²) in [7, 11) is 1.79. The van der Waals surface area contributed by atoms with Crippen molar-refractivity contribution in [3.8, 4) is 0 Å². The van der Waals surface area contributed by atoms with E-state index in [1.165, 1.54) is 18.2 Å². The van der Waals surface area contributed by atoms with Gasteiger partial charge in [-0.3, -0.25) is 0 Å². The molecule has 1 aromatic carbocycles. The van der Waals surface area contributed by atoms with Gasteiger partial charge in [0.25, 0.3) is 0 Å². The Hall–Kier alpha value is -1.58. The Labute approximate surface area is 89.2 Å². The maximum Gasteiger partial charge on any atom is 0.330 e. The molecule has 0 spiro atoms. The molecule has 0 bridgehead atoms. The predicted octanol–water partition coefficient (Wildman–Crippen LogP) is 0.660. The Balaban J connectivity index is 2.76. The summed E-state index contributed by atoms with van der Waals surface area (Å²) >= 11 is 0. The molecule has 0 aliphatic rings. The van der Waals surface area contributed by atoms with Crippen LogP contribution in [0.2, 0.25) is 0 Å². The van der Waals surface area contributed by atoms with Crippen LogP contribution in [0.5, 0.6) is 0 Å². The molecule has 2 nitrogen and oxygen atoms in total. The summed E-state index contributed by atoms with van der Waals surface area (Å²) in [4.78, 5) is 11.0. The molecule has 0 unspecified atom stereocenters. The lowest BCUT2D eigenvalue weighted by molar-refractivity contribution is -0.137. The van der Waals surface area contributed by atoms with Gasteiger partial charge in [0.2, 0.25) is 0 Å². The molecule has 0 N–H and O–H groups in total. The molecule has 0 aromatic heterocycles. The average Bonchev–Trinajstić information content (AvgIpc) is 2.17. The number of halogens is 1. The summed E-state index contributed by atoms with van der Waals surface area (Å²) in [6.45, 7) is 2.10. The maximum atomic E-state index is 12.8. The Morgan fingerprint density at radius 1 is 1.60 bits per heavy atom. The second-order valence-electron chi connectivity index (χ2n) is 3.09. The third-order valence-electron chi connectivity index (χ3n) is 1.92. The second-order valence-corrected chi connectivity index (χ2v) is 3.09. The highest BCUT2D eigenvalue weighted by Crippen LogP contribution is 2.01. The fourth-order valence-corrected chi connectivity index (χ4v) is 1.17. The van der Waals surface area contributed by atoms with Crippen molar-refractivity contribution in [1.29, 1.82) is 0 Å². The van der Waals surface area contributed by atoms with Crippen molar-refractivity contribution in [2.24, 2.45) is 0 Å². The number of hydrogen-bond donors (Lipinski definition) is 0. The average molecular weight is 206 g/mol. The summed E-state index contributed by atoms with van der Waals surface area (Å²) < 4.78 is 17.5. The van der Waals surface area contributed by atoms with Gasteiger partial charge in [-0.05, 0) is 30.7 Å². The molecule has 0 fully saturated rings. The van der Waals surface area contributed by atoms with Gasteiger partial charge in [0.1, 0.15) is 13.7 Å². The van der Waals surface area contributed by atoms with Crippen molar-refractivity contribution in [1.82, 2.24) is 0 Å². The molecule has 15 heavy (non-hydrogen) atoms. The zero-order chi connectivity index (χ0) is 11.3. The Morgan fingerprint density at radius 3 is 2.93 bits per heavy atom. The number of hydrogen-bond acceptors (Lipinski definition) is 2. The molecule has 0 aliphatic carbocycles. The van der Waals surface area contributed by atoms with Crippen molar-refractivity contribution < 1.29 is 13.9 Å². The summed E-state index contributed by atoms with van der Waals surface area (Å²) in [5, 5.41) is 0. The fraction of sp³-hybridized carbons (Fsp3) is 0.182. The summed E-state index contributed by atoms with van der Waals surface area (Å²) in [5.41, 5.74) is 1.60. The molecule has 78 valence electrons. The number of carbonyl (C=O) groups is 1. The minimum Gasteiger partial charge on any atom is -0.463 e. The molecular weight excluding hydrogens is 194 g/mol. The smallest absolute Gasteiger partial charge is 0.330 e. The molecule has 0 aliphatic heterocycles. The third-order valence-corrected chi connectivity index (χ3v) is 1.92. The molecule has 4 heteroatoms. The van der Waals surface area contributed by atoms with Crippen LogP contribution in [-0.4, -0.2) is 20.4 Å². The Bertz CT molecular complexity index is 388. The summed E-state index contributed by atoms with van der Waals surface area (Å²) in [6.07, 6.45) is 2.95. The number of benzene rings is 1. The van der Waals surface area contributed by atoms with Gasteiger partial charge in [0, 0.05) is 6.08 Å². The lowest BCUT2D eigenvalue weighted by atomic mass is 9.90. The fourth-order valence-electron chi connectivity index (χ4n) is 1.17. The largest absolute Gasteiger partial charge is 0.463 e. The SMILES string of the molecule is Bc1cc(F)ccc1/C=C/C(=O)OCC. The standard InChI is InChI=1S/C11H12BFO2/c1-2-15-11(14)6-4-8-3-5-9(13)7-10(8)12/h3-7H,2,12H2,1H3/b6-4+. The highest BCUT2D eigenvalue weighted by molar-refractivity contribution is 6.34. The maximum absolute atomic E-state index is 12.8. The number of esters is 1. The van der Waals surface area contributed by atoms with Crippen LogP contribution >= 0.6 is 0 Å². The van der Waals surface area contributed by atoms with Crippen molar-refractivity contribution in [3.05, 3.63) is 35.7 Å². The highest BCUT2D eigenvalue weighted by Gasteiger charge is 1.98. The van der Waals surface area contributed by atoms with Crippen LogP contribution in [0, 0.1) is 5.82 Å². The van der Waals surface area contributed by atoms with Crippen LogP contribution in [-0.2, 0) is 9.53 Å². The van der Waals surface area contributed by atoms with E-state index < -0.39 is 0 Å². The van der Waals surface area contributed by atoms with Gasteiger partial charge in [0.15, 0.2) is 0 Å². The molecule has 0 atom stereocenters. The third kappa shape index (κ3) is 3.58. The van der Waals surface area contributed by atoms with Crippen LogP contribution in [0.25, 0.3) is 6.08 Å². The first-order valence-corrected chi connectivity index (χ1v) is 4.74. The van der Waals surface area contributed by atoms with Gasteiger partial charge in [-0.2, -0.15) is 0 Å². The van der Waals surface area contributed by atoms with Crippen molar-refractivity contribution in [2.45, 2.75) is 6.92 Å². The van der Waals surface area contributed by atoms with E-state index in [0.29, 0.717) is 6.61 Å². The van der Waals surface area contributed by atoms with E-state index in [-0.39, 0.29) is 11.8 Å². The van der Waals surface area contributed by atoms with E-state index in [4.69, 9.17) is 4.74 Å². The zero-order valence-electron chi connectivity index (χ0n) is 8.79. The normalized spacial score (nSPS) is 10.5. The number of rotatable bonds is 3. The van der Waals surface area contributed by atoms with Crippen LogP contribution in [0.4, 0.5) is 4.39 Å². The molecule has 1 aromatic rings. The van der Waals surface area contributed by atoms with E-state index in [9.17, 15) is 9.18 Å². The Morgan fingerprint density at radius 2 is 2.33 bits per heavy atom. The molecule has 0 saturated heterocycles. The van der Waals surface area contributed by atoms with E-state index >= 15 is 0 Å². The molecule has 0 heterocycles. The minimum absolute atomic E-state index is 0.277. The van der Waals surface area contributed by atoms with Crippen LogP contribution in [0.15, 0.2) is 24.3 Å². The quantitative estimate of drug-likeness (QED) is 0.412. The topological polar surface area (TPSA) is 26.3 Å². The van der Waals surface area contributed by atoms with Crippen LogP contribution < -0.4 is 5.46 Å². The predicted molar refractivity (Wildman–Crippen MR) is 60.2 cm³/mol. The lowest BCUT2D eigenvalue weighted by Crippen LogP contribution is -2.08. The van der Waals surface area contributed by atoms with E-state index in [0.717, 1.165) is 11.0 Å². The molecule has 1 rings (SSSR count). The Kier molecular flexibility index (Phi) is 4.09. The van der Waals surface area contributed by atoms with E-state index in [1.54, 1.807) is 26.9 Å². The van der Waals surface area contributed by atoms with Gasteiger partial charge in [-0.1, -0.05) is 11.5 Å². The first-order chi connectivity index (χ1) is 7.13. The van der Waals surface area contributed by atoms with Gasteiger partial charge < -0.3 is 4.74 Å². The second kappa shape index (κ2) is 5.34. The lowest BCUT2D eigenvalue weighted by Gasteiger charge is -2.00. The van der Waals surface area contributed by atoms with Gasteiger partial charge in [0.05, 0.1) is 6.61 Å². The highest BCUT2D eigenvalue weighted by atomic mass is 19.1. The molecule has 0 amide bonds. The number of ether oxygens (including phenoxy) is 1. The van der Waals surface area contributed by atoms with E-state index in [1.807, 2.05) is 0 Å². The monoisotopic (exact) mass is 206 g/mol. The molecule has 0 saturated carbocycles. The summed E-state index contributed by atoms with van der Waals surface area (Å²) in [6, 6.07) is 4.41. The minimum atomic E-state index is -0.388. The first-order valence-electron chi connectivity index (χ1n) is 4.74. The van der Waals surface area contributed by atoms with Crippen LogP contribution in [0.3, 0.4) is 0 Å². The van der Waals surface area contributed by atoms with Gasteiger partial charge >= 0.3 is 5.97 Å². The van der Waals surface area contributed by atoms with Crippen molar-refractivity contribution in [3.63, 3.8) is 0 Å². The molecule has 0 radical (unpaired) electrons. The first kappa shape index (κ1) is 11.5. The van der Waals surface area contributed by atoms with E-state index in [2.05, 4.69) is 0 Å². The molecular formula is C11H12BFO2. The van der Waals surface area contributed by atoms with Crippen molar-refractivity contribution in [2.75, 3.05) is 6.61 Å². The zero-order valence-corrected chi connectivity index (χ0v) is 8.79. The van der Waals surface area contributed by atoms with Crippen LogP contribution in [0.1, 0.15) is 12.5 Å². The van der Waals surface area contributed by atoms with Gasteiger partial charge in [-0.25, -0.2) is 9.18 Å². The van der Waals surface area contributed by atoms with Gasteiger partial charge in [-0.15, -0.1) is 0 Å². The summed E-state index contributed by atoms with van der Waals surface area (Å²) in [5.74, 6) is -0.665. The number of carbonyl (C=O) groups excluding carboxylic acids is 1.